The van der Waals surface area contributed by atoms with Gasteiger partial charge in [-0.15, -0.1) is 0 Å². The predicted octanol–water partition coefficient (Wildman–Crippen LogP) is 3.37. The third kappa shape index (κ3) is 6.45. The van der Waals surface area contributed by atoms with E-state index in [1.54, 1.807) is 18.2 Å². The molecule has 0 aliphatic heterocycles. The molecule has 0 unspecified atom stereocenters. The Hall–Kier alpha value is -2.57. The number of rotatable bonds is 5. The van der Waals surface area contributed by atoms with Crippen LogP contribution in [0.4, 0.5) is 4.39 Å². The zero-order chi connectivity index (χ0) is 18.2. The van der Waals surface area contributed by atoms with Crippen molar-refractivity contribution in [1.82, 2.24) is 10.9 Å². The second kappa shape index (κ2) is 9.05. The standard InChI is InChI=1S/C17H13Cl2FN2O3/c18-12-3-1-11(15(19)9-12)2-8-16(23)21-22-17(24)10-25-14-6-4-13(20)5-7-14/h1-9H,10H2,(H,21,23)(H,22,24)/b8-2+. The van der Waals surface area contributed by atoms with Gasteiger partial charge in [-0.05, 0) is 48.0 Å². The van der Waals surface area contributed by atoms with Gasteiger partial charge < -0.3 is 4.74 Å². The number of hydrogen-bond acceptors (Lipinski definition) is 3. The highest BCUT2D eigenvalue weighted by atomic mass is 35.5. The van der Waals surface area contributed by atoms with Crippen molar-refractivity contribution in [2.24, 2.45) is 0 Å². The highest BCUT2D eigenvalue weighted by Gasteiger charge is 2.04. The minimum atomic E-state index is -0.574. The largest absolute Gasteiger partial charge is 0.484 e. The number of ether oxygens (including phenoxy) is 1. The van der Waals surface area contributed by atoms with E-state index in [0.29, 0.717) is 21.4 Å². The summed E-state index contributed by atoms with van der Waals surface area (Å²) in [6.07, 6.45) is 2.69. The number of carbonyl (C=O) groups is 2. The minimum absolute atomic E-state index is 0.333. The fraction of sp³-hybridized carbons (Fsp3) is 0.0588. The first-order chi connectivity index (χ1) is 11.9. The summed E-state index contributed by atoms with van der Waals surface area (Å²) in [5, 5.41) is 0.883. The van der Waals surface area contributed by atoms with Crippen molar-refractivity contribution in [1.29, 1.82) is 0 Å². The SMILES string of the molecule is O=C(/C=C/c1ccc(Cl)cc1Cl)NNC(=O)COc1ccc(F)cc1. The van der Waals surface area contributed by atoms with Crippen molar-refractivity contribution >= 4 is 41.1 Å². The number of amides is 2. The average molecular weight is 383 g/mol. The van der Waals surface area contributed by atoms with Crippen LogP contribution >= 0.6 is 23.2 Å². The number of halogens is 3. The first-order valence-electron chi connectivity index (χ1n) is 7.04. The molecule has 0 radical (unpaired) electrons. The van der Waals surface area contributed by atoms with Crippen LogP contribution in [-0.4, -0.2) is 18.4 Å². The van der Waals surface area contributed by atoms with Crippen molar-refractivity contribution in [2.45, 2.75) is 0 Å². The van der Waals surface area contributed by atoms with Gasteiger partial charge >= 0.3 is 0 Å². The average Bonchev–Trinajstić information content (AvgIpc) is 2.58. The molecule has 0 heterocycles. The topological polar surface area (TPSA) is 67.4 Å². The van der Waals surface area contributed by atoms with E-state index >= 15 is 0 Å². The Morgan fingerprint density at radius 2 is 1.80 bits per heavy atom. The third-order valence-corrected chi connectivity index (χ3v) is 3.45. The number of nitrogens with one attached hydrogen (secondary N) is 2. The maximum absolute atomic E-state index is 12.7. The second-order valence-electron chi connectivity index (χ2n) is 4.78. The van der Waals surface area contributed by atoms with Gasteiger partial charge in [0.15, 0.2) is 6.61 Å². The van der Waals surface area contributed by atoms with E-state index < -0.39 is 17.6 Å². The lowest BCUT2D eigenvalue weighted by atomic mass is 10.2. The Morgan fingerprint density at radius 3 is 2.48 bits per heavy atom. The molecule has 0 aliphatic carbocycles. The molecule has 0 saturated heterocycles. The van der Waals surface area contributed by atoms with Gasteiger partial charge in [0.2, 0.25) is 0 Å². The first-order valence-corrected chi connectivity index (χ1v) is 7.80. The Bertz CT molecular complexity index is 795. The smallest absolute Gasteiger partial charge is 0.276 e. The predicted molar refractivity (Wildman–Crippen MR) is 93.7 cm³/mol. The lowest BCUT2D eigenvalue weighted by molar-refractivity contribution is -0.128. The van der Waals surface area contributed by atoms with E-state index in [1.165, 1.54) is 36.4 Å². The molecule has 0 saturated carbocycles. The molecule has 5 nitrogen and oxygen atoms in total. The molecule has 8 heteroatoms. The molecule has 2 aromatic carbocycles. The van der Waals surface area contributed by atoms with Gasteiger partial charge in [-0.3, -0.25) is 20.4 Å². The molecule has 0 aromatic heterocycles. The van der Waals surface area contributed by atoms with Crippen LogP contribution in [0.1, 0.15) is 5.56 Å². The maximum Gasteiger partial charge on any atom is 0.276 e. The molecule has 2 rings (SSSR count). The summed E-state index contributed by atoms with van der Waals surface area (Å²) >= 11 is 11.8. The van der Waals surface area contributed by atoms with Crippen LogP contribution in [0.25, 0.3) is 6.08 Å². The lowest BCUT2D eigenvalue weighted by Gasteiger charge is -2.07. The van der Waals surface area contributed by atoms with E-state index in [1.807, 2.05) is 0 Å². The van der Waals surface area contributed by atoms with Gasteiger partial charge in [0.05, 0.1) is 0 Å². The molecule has 0 fully saturated rings. The van der Waals surface area contributed by atoms with Crippen LogP contribution in [0.15, 0.2) is 48.5 Å². The monoisotopic (exact) mass is 382 g/mol. The molecule has 130 valence electrons. The van der Waals surface area contributed by atoms with Crippen molar-refractivity contribution in [2.75, 3.05) is 6.61 Å². The molecule has 0 aliphatic rings. The van der Waals surface area contributed by atoms with Crippen molar-refractivity contribution in [3.05, 3.63) is 70.0 Å². The number of benzene rings is 2. The number of carbonyl (C=O) groups excluding carboxylic acids is 2. The molecular weight excluding hydrogens is 370 g/mol. The van der Waals surface area contributed by atoms with E-state index in [-0.39, 0.29) is 6.61 Å². The molecule has 0 atom stereocenters. The zero-order valence-electron chi connectivity index (χ0n) is 12.8. The van der Waals surface area contributed by atoms with Crippen LogP contribution in [0.5, 0.6) is 5.75 Å². The Balaban J connectivity index is 1.76. The summed E-state index contributed by atoms with van der Waals surface area (Å²) < 4.78 is 17.9. The van der Waals surface area contributed by atoms with Gasteiger partial charge in [-0.1, -0.05) is 29.3 Å². The summed E-state index contributed by atoms with van der Waals surface area (Å²) in [6.45, 7) is -0.335. The Kier molecular flexibility index (Phi) is 6.80. The van der Waals surface area contributed by atoms with Crippen LogP contribution in [-0.2, 0) is 9.59 Å². The van der Waals surface area contributed by atoms with Gasteiger partial charge in [0.1, 0.15) is 11.6 Å². The summed E-state index contributed by atoms with van der Waals surface area (Å²) in [7, 11) is 0. The summed E-state index contributed by atoms with van der Waals surface area (Å²) in [5.74, 6) is -1.20. The normalized spacial score (nSPS) is 10.5. The highest BCUT2D eigenvalue weighted by Crippen LogP contribution is 2.21. The van der Waals surface area contributed by atoms with Crippen molar-refractivity contribution < 1.29 is 18.7 Å². The molecule has 0 bridgehead atoms. The van der Waals surface area contributed by atoms with E-state index in [4.69, 9.17) is 27.9 Å². The third-order valence-electron chi connectivity index (χ3n) is 2.89. The quantitative estimate of drug-likeness (QED) is 0.615. The van der Waals surface area contributed by atoms with Crippen LogP contribution in [0, 0.1) is 5.82 Å². The second-order valence-corrected chi connectivity index (χ2v) is 5.62. The molecule has 2 amide bonds. The minimum Gasteiger partial charge on any atom is -0.484 e. The number of hydrazine groups is 1. The zero-order valence-corrected chi connectivity index (χ0v) is 14.3. The molecular formula is C17H13Cl2FN2O3. The molecule has 25 heavy (non-hydrogen) atoms. The summed E-state index contributed by atoms with van der Waals surface area (Å²) in [4.78, 5) is 23.2. The summed E-state index contributed by atoms with van der Waals surface area (Å²) in [6, 6.07) is 10.0. The number of hydrogen-bond donors (Lipinski definition) is 2. The fourth-order valence-electron chi connectivity index (χ4n) is 1.69. The van der Waals surface area contributed by atoms with Gasteiger partial charge in [0, 0.05) is 16.1 Å². The van der Waals surface area contributed by atoms with E-state index in [0.717, 1.165) is 0 Å². The molecule has 2 N–H and O–H groups in total. The first kappa shape index (κ1) is 18.8. The maximum atomic E-state index is 12.7. The van der Waals surface area contributed by atoms with Crippen LogP contribution < -0.4 is 15.6 Å². The Labute approximate surface area is 153 Å². The van der Waals surface area contributed by atoms with Crippen molar-refractivity contribution in [3.63, 3.8) is 0 Å². The van der Waals surface area contributed by atoms with Crippen molar-refractivity contribution in [3.8, 4) is 5.75 Å². The van der Waals surface area contributed by atoms with E-state index in [2.05, 4.69) is 10.9 Å². The van der Waals surface area contributed by atoms with Gasteiger partial charge in [-0.25, -0.2) is 4.39 Å². The van der Waals surface area contributed by atoms with Crippen LogP contribution in [0.3, 0.4) is 0 Å². The molecule has 0 spiro atoms. The van der Waals surface area contributed by atoms with Crippen LogP contribution in [0.2, 0.25) is 10.0 Å². The lowest BCUT2D eigenvalue weighted by Crippen LogP contribution is -2.43. The highest BCUT2D eigenvalue weighted by molar-refractivity contribution is 6.35. The molecule has 2 aromatic rings. The Morgan fingerprint density at radius 1 is 1.08 bits per heavy atom. The fourth-order valence-corrected chi connectivity index (χ4v) is 2.16. The summed E-state index contributed by atoms with van der Waals surface area (Å²) in [5.41, 5.74) is 4.98. The van der Waals surface area contributed by atoms with Gasteiger partial charge in [0.25, 0.3) is 11.8 Å². The van der Waals surface area contributed by atoms with E-state index in [9.17, 15) is 14.0 Å². The van der Waals surface area contributed by atoms with Gasteiger partial charge in [-0.2, -0.15) is 0 Å².